The summed E-state index contributed by atoms with van der Waals surface area (Å²) in [4.78, 5) is 12.0. The molecule has 0 saturated carbocycles. The molecule has 2 atom stereocenters. The van der Waals surface area contributed by atoms with Gasteiger partial charge in [0.05, 0.1) is 4.92 Å². The van der Waals surface area contributed by atoms with E-state index in [4.69, 9.17) is 0 Å². The predicted octanol–water partition coefficient (Wildman–Crippen LogP) is 2.24. The van der Waals surface area contributed by atoms with Crippen LogP contribution in [0.3, 0.4) is 0 Å². The number of nitro benzene ring substituents is 1. The monoisotopic (exact) mass is 253 g/mol. The van der Waals surface area contributed by atoms with Crippen LogP contribution in [0.15, 0.2) is 18.2 Å². The minimum atomic E-state index is -0.801. The summed E-state index contributed by atoms with van der Waals surface area (Å²) in [7, 11) is 2.04. The molecule has 0 radical (unpaired) electrons. The summed E-state index contributed by atoms with van der Waals surface area (Å²) in [5, 5.41) is 13.7. The Labute approximate surface area is 105 Å². The second-order valence-corrected chi connectivity index (χ2v) is 4.79. The van der Waals surface area contributed by atoms with Crippen molar-refractivity contribution in [3.63, 3.8) is 0 Å². The molecule has 0 aromatic heterocycles. The maximum absolute atomic E-state index is 13.4. The number of nitro groups is 1. The van der Waals surface area contributed by atoms with E-state index in [-0.39, 0.29) is 6.04 Å². The first-order valence-corrected chi connectivity index (χ1v) is 5.88. The van der Waals surface area contributed by atoms with Crippen LogP contribution in [0.25, 0.3) is 0 Å². The van der Waals surface area contributed by atoms with E-state index in [1.54, 1.807) is 6.07 Å². The maximum Gasteiger partial charge on any atom is 0.304 e. The highest BCUT2D eigenvalue weighted by Gasteiger charge is 2.26. The Kier molecular flexibility index (Phi) is 3.47. The van der Waals surface area contributed by atoms with Gasteiger partial charge in [-0.05, 0) is 26.5 Å². The van der Waals surface area contributed by atoms with E-state index in [0.29, 0.717) is 11.7 Å². The normalized spacial score (nSPS) is 24.2. The lowest BCUT2D eigenvalue weighted by Gasteiger charge is -2.14. The molecule has 1 heterocycles. The van der Waals surface area contributed by atoms with Crippen LogP contribution < -0.4 is 5.32 Å². The average molecular weight is 253 g/mol. The molecule has 2 unspecified atom stereocenters. The molecule has 2 rings (SSSR count). The second-order valence-electron chi connectivity index (χ2n) is 4.79. The maximum atomic E-state index is 13.4. The van der Waals surface area contributed by atoms with Crippen LogP contribution in [0.5, 0.6) is 0 Å². The van der Waals surface area contributed by atoms with Gasteiger partial charge in [-0.1, -0.05) is 0 Å². The zero-order valence-corrected chi connectivity index (χ0v) is 10.4. The minimum Gasteiger partial charge on any atom is -0.381 e. The molecule has 1 aromatic carbocycles. The Morgan fingerprint density at radius 1 is 1.56 bits per heavy atom. The Balaban J connectivity index is 2.07. The SMILES string of the molecule is CC1CC(Nc2ccc([N+](=O)[O-])c(F)c2)CN1C. The van der Waals surface area contributed by atoms with E-state index in [1.165, 1.54) is 12.1 Å². The minimum absolute atomic E-state index is 0.255. The van der Waals surface area contributed by atoms with Gasteiger partial charge in [0.15, 0.2) is 0 Å². The lowest BCUT2D eigenvalue weighted by molar-refractivity contribution is -0.387. The highest BCUT2D eigenvalue weighted by molar-refractivity contribution is 5.50. The number of likely N-dealkylation sites (tertiary alicyclic amines) is 1. The topological polar surface area (TPSA) is 58.4 Å². The van der Waals surface area contributed by atoms with Gasteiger partial charge in [0.2, 0.25) is 5.82 Å². The molecule has 0 spiro atoms. The summed E-state index contributed by atoms with van der Waals surface area (Å²) in [6.45, 7) is 3.03. The van der Waals surface area contributed by atoms with Crippen molar-refractivity contribution in [1.29, 1.82) is 0 Å². The summed E-state index contributed by atoms with van der Waals surface area (Å²) in [6.07, 6.45) is 0.981. The molecular weight excluding hydrogens is 237 g/mol. The third-order valence-corrected chi connectivity index (χ3v) is 3.40. The number of anilines is 1. The van der Waals surface area contributed by atoms with Gasteiger partial charge in [-0.25, -0.2) is 0 Å². The molecule has 18 heavy (non-hydrogen) atoms. The standard InChI is InChI=1S/C12H16FN3O2/c1-8-5-10(7-15(8)2)14-9-3-4-12(16(17)18)11(13)6-9/h3-4,6,8,10,14H,5,7H2,1-2H3. The molecule has 1 fully saturated rings. The molecule has 1 N–H and O–H groups in total. The lowest BCUT2D eigenvalue weighted by atomic mass is 10.2. The Morgan fingerprint density at radius 3 is 2.78 bits per heavy atom. The van der Waals surface area contributed by atoms with Crippen LogP contribution in [-0.2, 0) is 0 Å². The van der Waals surface area contributed by atoms with E-state index in [1.807, 2.05) is 7.05 Å². The number of nitrogens with zero attached hydrogens (tertiary/aromatic N) is 2. The van der Waals surface area contributed by atoms with Crippen molar-refractivity contribution in [3.05, 3.63) is 34.1 Å². The fourth-order valence-corrected chi connectivity index (χ4v) is 2.28. The van der Waals surface area contributed by atoms with Crippen molar-refractivity contribution in [2.75, 3.05) is 18.9 Å². The van der Waals surface area contributed by atoms with E-state index in [0.717, 1.165) is 13.0 Å². The first-order chi connectivity index (χ1) is 8.47. The van der Waals surface area contributed by atoms with E-state index >= 15 is 0 Å². The van der Waals surface area contributed by atoms with E-state index in [9.17, 15) is 14.5 Å². The van der Waals surface area contributed by atoms with Gasteiger partial charge in [0.1, 0.15) is 0 Å². The van der Waals surface area contributed by atoms with Crippen molar-refractivity contribution in [1.82, 2.24) is 4.90 Å². The van der Waals surface area contributed by atoms with Crippen molar-refractivity contribution >= 4 is 11.4 Å². The number of nitrogens with one attached hydrogen (secondary N) is 1. The number of halogens is 1. The Bertz CT molecular complexity index is 457. The van der Waals surface area contributed by atoms with Crippen LogP contribution in [-0.4, -0.2) is 35.5 Å². The molecule has 1 aliphatic heterocycles. The third kappa shape index (κ3) is 2.59. The Morgan fingerprint density at radius 2 is 2.28 bits per heavy atom. The molecule has 0 amide bonds. The summed E-state index contributed by atoms with van der Waals surface area (Å²) < 4.78 is 13.4. The van der Waals surface area contributed by atoms with Gasteiger partial charge < -0.3 is 10.2 Å². The number of hydrogen-bond donors (Lipinski definition) is 1. The molecule has 1 saturated heterocycles. The quantitative estimate of drug-likeness (QED) is 0.663. The zero-order valence-electron chi connectivity index (χ0n) is 10.4. The molecule has 1 aromatic rings. The fourth-order valence-electron chi connectivity index (χ4n) is 2.28. The van der Waals surface area contributed by atoms with Gasteiger partial charge in [-0.3, -0.25) is 10.1 Å². The summed E-state index contributed by atoms with van der Waals surface area (Å²) in [5.74, 6) is -0.801. The third-order valence-electron chi connectivity index (χ3n) is 3.40. The lowest BCUT2D eigenvalue weighted by Crippen LogP contribution is -2.24. The number of rotatable bonds is 3. The summed E-state index contributed by atoms with van der Waals surface area (Å²) in [5.41, 5.74) is 0.100. The van der Waals surface area contributed by atoms with Crippen LogP contribution in [0.4, 0.5) is 15.8 Å². The van der Waals surface area contributed by atoms with Gasteiger partial charge in [0, 0.05) is 36.4 Å². The van der Waals surface area contributed by atoms with Gasteiger partial charge in [-0.2, -0.15) is 4.39 Å². The van der Waals surface area contributed by atoms with Crippen molar-refractivity contribution in [2.24, 2.45) is 0 Å². The largest absolute Gasteiger partial charge is 0.381 e. The average Bonchev–Trinajstić information content (AvgIpc) is 2.57. The van der Waals surface area contributed by atoms with Gasteiger partial charge in [-0.15, -0.1) is 0 Å². The van der Waals surface area contributed by atoms with Gasteiger partial charge >= 0.3 is 5.69 Å². The van der Waals surface area contributed by atoms with E-state index < -0.39 is 16.4 Å². The molecule has 5 nitrogen and oxygen atoms in total. The van der Waals surface area contributed by atoms with Crippen LogP contribution >= 0.6 is 0 Å². The first kappa shape index (κ1) is 12.8. The number of likely N-dealkylation sites (N-methyl/N-ethyl adjacent to an activating group) is 1. The molecule has 6 heteroatoms. The predicted molar refractivity (Wildman–Crippen MR) is 67.2 cm³/mol. The van der Waals surface area contributed by atoms with Crippen LogP contribution in [0.2, 0.25) is 0 Å². The number of benzene rings is 1. The molecule has 1 aliphatic rings. The van der Waals surface area contributed by atoms with E-state index in [2.05, 4.69) is 17.1 Å². The zero-order chi connectivity index (χ0) is 13.3. The molecule has 0 bridgehead atoms. The molecule has 0 aliphatic carbocycles. The molecule has 98 valence electrons. The second kappa shape index (κ2) is 4.89. The summed E-state index contributed by atoms with van der Waals surface area (Å²) >= 11 is 0. The fraction of sp³-hybridized carbons (Fsp3) is 0.500. The Hall–Kier alpha value is -1.69. The van der Waals surface area contributed by atoms with Crippen molar-refractivity contribution in [3.8, 4) is 0 Å². The van der Waals surface area contributed by atoms with Crippen molar-refractivity contribution < 1.29 is 9.31 Å². The highest BCUT2D eigenvalue weighted by Crippen LogP contribution is 2.24. The number of hydrogen-bond acceptors (Lipinski definition) is 4. The first-order valence-electron chi connectivity index (χ1n) is 5.88. The van der Waals surface area contributed by atoms with Crippen LogP contribution in [0.1, 0.15) is 13.3 Å². The summed E-state index contributed by atoms with van der Waals surface area (Å²) in [6, 6.07) is 4.67. The van der Waals surface area contributed by atoms with Crippen LogP contribution in [0, 0.1) is 15.9 Å². The molecular formula is C12H16FN3O2. The van der Waals surface area contributed by atoms with Crippen molar-refractivity contribution in [2.45, 2.75) is 25.4 Å². The smallest absolute Gasteiger partial charge is 0.304 e. The van der Waals surface area contributed by atoms with Gasteiger partial charge in [0.25, 0.3) is 0 Å². The highest BCUT2D eigenvalue weighted by atomic mass is 19.1.